The number of sulfone groups is 1. The van der Waals surface area contributed by atoms with Crippen molar-refractivity contribution in [3.63, 3.8) is 0 Å². The summed E-state index contributed by atoms with van der Waals surface area (Å²) < 4.78 is 24.6. The molecule has 1 aromatic heterocycles. The second-order valence-corrected chi connectivity index (χ2v) is 7.39. The average molecular weight is 296 g/mol. The van der Waals surface area contributed by atoms with Crippen LogP contribution >= 0.6 is 0 Å². The standard InChI is InChI=1S/C14H20N2O3S/c1-2-20(18,19)9-5-6-12(17)10-16-11-15-13-7-3-4-8-14(13)16/h3-4,7-8,11-12,17H,2,5-6,9-10H2,1H3. The van der Waals surface area contributed by atoms with Gasteiger partial charge < -0.3 is 9.67 Å². The van der Waals surface area contributed by atoms with Crippen molar-refractivity contribution in [2.75, 3.05) is 11.5 Å². The van der Waals surface area contributed by atoms with E-state index in [1.54, 1.807) is 13.3 Å². The molecule has 0 fully saturated rings. The summed E-state index contributed by atoms with van der Waals surface area (Å²) in [5.74, 6) is 0.306. The van der Waals surface area contributed by atoms with Crippen molar-refractivity contribution in [2.24, 2.45) is 0 Å². The third kappa shape index (κ3) is 3.80. The van der Waals surface area contributed by atoms with Crippen LogP contribution in [0.1, 0.15) is 19.8 Å². The lowest BCUT2D eigenvalue weighted by Gasteiger charge is -2.12. The number of hydrogen-bond donors (Lipinski definition) is 1. The molecule has 0 amide bonds. The number of aliphatic hydroxyl groups is 1. The van der Waals surface area contributed by atoms with Crippen LogP contribution in [0.5, 0.6) is 0 Å². The quantitative estimate of drug-likeness (QED) is 0.842. The van der Waals surface area contributed by atoms with Gasteiger partial charge in [-0.1, -0.05) is 19.1 Å². The zero-order chi connectivity index (χ0) is 14.6. The first-order chi connectivity index (χ1) is 9.52. The van der Waals surface area contributed by atoms with Gasteiger partial charge in [0, 0.05) is 5.75 Å². The third-order valence-corrected chi connectivity index (χ3v) is 5.16. The molecular formula is C14H20N2O3S. The smallest absolute Gasteiger partial charge is 0.150 e. The van der Waals surface area contributed by atoms with Gasteiger partial charge >= 0.3 is 0 Å². The highest BCUT2D eigenvalue weighted by Gasteiger charge is 2.11. The zero-order valence-corrected chi connectivity index (χ0v) is 12.4. The van der Waals surface area contributed by atoms with Crippen molar-refractivity contribution in [3.05, 3.63) is 30.6 Å². The molecule has 0 aliphatic heterocycles. The number of hydrogen-bond acceptors (Lipinski definition) is 4. The molecule has 0 radical (unpaired) electrons. The lowest BCUT2D eigenvalue weighted by atomic mass is 10.2. The number of aliphatic hydroxyl groups excluding tert-OH is 1. The van der Waals surface area contributed by atoms with Crippen LogP contribution < -0.4 is 0 Å². The molecule has 20 heavy (non-hydrogen) atoms. The molecule has 2 aromatic rings. The minimum absolute atomic E-state index is 0.144. The van der Waals surface area contributed by atoms with Gasteiger partial charge in [-0.05, 0) is 25.0 Å². The van der Waals surface area contributed by atoms with Gasteiger partial charge in [-0.25, -0.2) is 13.4 Å². The van der Waals surface area contributed by atoms with Crippen LogP contribution in [-0.2, 0) is 16.4 Å². The van der Waals surface area contributed by atoms with E-state index in [4.69, 9.17) is 0 Å². The molecule has 0 spiro atoms. The molecular weight excluding hydrogens is 276 g/mol. The van der Waals surface area contributed by atoms with Crippen LogP contribution in [0.3, 0.4) is 0 Å². The highest BCUT2D eigenvalue weighted by molar-refractivity contribution is 7.91. The number of imidazole rings is 1. The number of fused-ring (bicyclic) bond motifs is 1. The summed E-state index contributed by atoms with van der Waals surface area (Å²) in [5.41, 5.74) is 1.88. The molecule has 1 atom stereocenters. The summed E-state index contributed by atoms with van der Waals surface area (Å²) in [6.45, 7) is 2.08. The number of para-hydroxylation sites is 2. The molecule has 1 heterocycles. The van der Waals surface area contributed by atoms with Crippen molar-refractivity contribution in [1.29, 1.82) is 0 Å². The Labute approximate surface area is 119 Å². The van der Waals surface area contributed by atoms with Gasteiger partial charge in [0.1, 0.15) is 9.84 Å². The summed E-state index contributed by atoms with van der Waals surface area (Å²) in [6.07, 6.45) is 2.12. The van der Waals surface area contributed by atoms with Crippen molar-refractivity contribution >= 4 is 20.9 Å². The van der Waals surface area contributed by atoms with Gasteiger partial charge in [0.15, 0.2) is 0 Å². The van der Waals surface area contributed by atoms with E-state index in [0.29, 0.717) is 19.4 Å². The summed E-state index contributed by atoms with van der Waals surface area (Å²) in [5, 5.41) is 10.0. The van der Waals surface area contributed by atoms with Gasteiger partial charge in [0.2, 0.25) is 0 Å². The monoisotopic (exact) mass is 296 g/mol. The van der Waals surface area contributed by atoms with Crippen molar-refractivity contribution in [1.82, 2.24) is 9.55 Å². The Morgan fingerprint density at radius 1 is 1.35 bits per heavy atom. The number of aromatic nitrogens is 2. The largest absolute Gasteiger partial charge is 0.391 e. The first-order valence-electron chi connectivity index (χ1n) is 6.80. The van der Waals surface area contributed by atoms with Gasteiger partial charge in [0.05, 0.1) is 35.8 Å². The lowest BCUT2D eigenvalue weighted by molar-refractivity contribution is 0.145. The highest BCUT2D eigenvalue weighted by Crippen LogP contribution is 2.13. The second-order valence-electron chi connectivity index (χ2n) is 4.92. The van der Waals surface area contributed by atoms with E-state index < -0.39 is 15.9 Å². The summed E-state index contributed by atoms with van der Waals surface area (Å²) in [4.78, 5) is 4.26. The predicted molar refractivity (Wildman–Crippen MR) is 79.3 cm³/mol. The highest BCUT2D eigenvalue weighted by atomic mass is 32.2. The van der Waals surface area contributed by atoms with Gasteiger partial charge in [0.25, 0.3) is 0 Å². The van der Waals surface area contributed by atoms with Crippen molar-refractivity contribution in [2.45, 2.75) is 32.4 Å². The number of benzene rings is 1. The topological polar surface area (TPSA) is 72.2 Å². The minimum atomic E-state index is -2.94. The molecule has 0 saturated carbocycles. The normalized spacial score (nSPS) is 13.7. The first kappa shape index (κ1) is 15.0. The van der Waals surface area contributed by atoms with E-state index in [9.17, 15) is 13.5 Å². The molecule has 110 valence electrons. The molecule has 0 aliphatic carbocycles. The maximum atomic E-state index is 11.4. The van der Waals surface area contributed by atoms with Crippen LogP contribution in [0.4, 0.5) is 0 Å². The average Bonchev–Trinajstić information content (AvgIpc) is 2.82. The SMILES string of the molecule is CCS(=O)(=O)CCCC(O)Cn1cnc2ccccc21. The van der Waals surface area contributed by atoms with Crippen LogP contribution in [0.25, 0.3) is 11.0 Å². The molecule has 2 rings (SSSR count). The number of nitrogens with zero attached hydrogens (tertiary/aromatic N) is 2. The summed E-state index contributed by atoms with van der Waals surface area (Å²) >= 11 is 0. The van der Waals surface area contributed by atoms with Crippen LogP contribution in [0, 0.1) is 0 Å². The molecule has 5 nitrogen and oxygen atoms in total. The van der Waals surface area contributed by atoms with Gasteiger partial charge in [-0.3, -0.25) is 0 Å². The molecule has 0 bridgehead atoms. The van der Waals surface area contributed by atoms with Crippen LogP contribution in [0.15, 0.2) is 30.6 Å². The molecule has 0 aliphatic rings. The van der Waals surface area contributed by atoms with E-state index in [0.717, 1.165) is 11.0 Å². The first-order valence-corrected chi connectivity index (χ1v) is 8.62. The maximum Gasteiger partial charge on any atom is 0.150 e. The molecule has 1 aromatic carbocycles. The van der Waals surface area contributed by atoms with Crippen LogP contribution in [0.2, 0.25) is 0 Å². The Bertz CT molecular complexity index is 664. The van der Waals surface area contributed by atoms with E-state index >= 15 is 0 Å². The molecule has 6 heteroatoms. The third-order valence-electron chi connectivity index (χ3n) is 3.37. The molecule has 1 N–H and O–H groups in total. The van der Waals surface area contributed by atoms with Crippen molar-refractivity contribution in [3.8, 4) is 0 Å². The van der Waals surface area contributed by atoms with Crippen LogP contribution in [-0.4, -0.2) is 40.7 Å². The fourth-order valence-corrected chi connectivity index (χ4v) is 3.05. The van der Waals surface area contributed by atoms with E-state index in [-0.39, 0.29) is 11.5 Å². The Balaban J connectivity index is 1.90. The summed E-state index contributed by atoms with van der Waals surface area (Å²) in [7, 11) is -2.94. The Kier molecular flexibility index (Phi) is 4.77. The Hall–Kier alpha value is -1.40. The molecule has 0 saturated heterocycles. The second kappa shape index (κ2) is 6.37. The predicted octanol–water partition coefficient (Wildman–Crippen LogP) is 1.61. The number of rotatable bonds is 7. The van der Waals surface area contributed by atoms with Crippen molar-refractivity contribution < 1.29 is 13.5 Å². The fraction of sp³-hybridized carbons (Fsp3) is 0.500. The maximum absolute atomic E-state index is 11.4. The zero-order valence-electron chi connectivity index (χ0n) is 11.6. The van der Waals surface area contributed by atoms with E-state index in [1.165, 1.54) is 0 Å². The summed E-state index contributed by atoms with van der Waals surface area (Å²) in [6, 6.07) is 7.73. The lowest BCUT2D eigenvalue weighted by Crippen LogP contribution is -2.17. The Morgan fingerprint density at radius 2 is 2.10 bits per heavy atom. The van der Waals surface area contributed by atoms with E-state index in [2.05, 4.69) is 4.98 Å². The minimum Gasteiger partial charge on any atom is -0.391 e. The molecule has 1 unspecified atom stereocenters. The van der Waals surface area contributed by atoms with E-state index in [1.807, 2.05) is 28.8 Å². The Morgan fingerprint density at radius 3 is 2.85 bits per heavy atom. The fourth-order valence-electron chi connectivity index (χ4n) is 2.16. The van der Waals surface area contributed by atoms with Gasteiger partial charge in [-0.2, -0.15) is 0 Å². The van der Waals surface area contributed by atoms with Gasteiger partial charge in [-0.15, -0.1) is 0 Å².